The van der Waals surface area contributed by atoms with E-state index in [1.54, 1.807) is 6.07 Å². The zero-order chi connectivity index (χ0) is 26.6. The fraction of sp³-hybridized carbons (Fsp3) is 0.346. The van der Waals surface area contributed by atoms with E-state index in [9.17, 15) is 35.4 Å². The predicted molar refractivity (Wildman–Crippen MR) is 127 cm³/mol. The van der Waals surface area contributed by atoms with Gasteiger partial charge in [-0.3, -0.25) is 0 Å². The van der Waals surface area contributed by atoms with Gasteiger partial charge in [0.15, 0.2) is 6.10 Å². The van der Waals surface area contributed by atoms with Crippen molar-refractivity contribution in [3.8, 4) is 34.3 Å². The zero-order valence-electron chi connectivity index (χ0n) is 19.9. The lowest BCUT2D eigenvalue weighted by Crippen LogP contribution is -2.61. The van der Waals surface area contributed by atoms with Crippen LogP contribution in [0.5, 0.6) is 23.0 Å². The molecule has 3 aromatic rings. The summed E-state index contributed by atoms with van der Waals surface area (Å²) in [5, 5.41) is 61.9. The van der Waals surface area contributed by atoms with Crippen LogP contribution < -0.4 is 9.47 Å². The van der Waals surface area contributed by atoms with Crippen LogP contribution in [0.3, 0.4) is 0 Å². The molecule has 1 fully saturated rings. The van der Waals surface area contributed by atoms with Crippen LogP contribution in [-0.2, 0) is 22.6 Å². The van der Waals surface area contributed by atoms with Gasteiger partial charge in [0.25, 0.3) is 0 Å². The number of hydrogen-bond acceptors (Lipinski definition) is 10. The molecule has 5 rings (SSSR count). The van der Waals surface area contributed by atoms with Crippen molar-refractivity contribution < 1.29 is 54.1 Å². The molecular weight excluding hydrogens is 488 g/mol. The van der Waals surface area contributed by atoms with E-state index in [0.29, 0.717) is 16.9 Å². The molecule has 0 spiro atoms. The quantitative estimate of drug-likeness (QED) is 0.275. The van der Waals surface area contributed by atoms with Crippen molar-refractivity contribution in [3.63, 3.8) is 0 Å². The lowest BCUT2D eigenvalue weighted by Gasteiger charge is -2.38. The van der Waals surface area contributed by atoms with E-state index >= 15 is 0 Å². The molecule has 2 aliphatic heterocycles. The second-order valence-corrected chi connectivity index (χ2v) is 9.29. The van der Waals surface area contributed by atoms with Crippen molar-refractivity contribution in [2.75, 3.05) is 0 Å². The Bertz CT molecular complexity index is 1400. The second-order valence-electron chi connectivity index (χ2n) is 9.29. The molecule has 1 aromatic heterocycles. The van der Waals surface area contributed by atoms with Gasteiger partial charge in [-0.25, -0.2) is 4.79 Å². The maximum atomic E-state index is 11.5. The number of allylic oxidation sites excluding steroid dienone is 2. The summed E-state index contributed by atoms with van der Waals surface area (Å²) in [5.41, 5.74) is 2.58. The first-order valence-electron chi connectivity index (χ1n) is 11.6. The lowest BCUT2D eigenvalue weighted by molar-refractivity contribution is -0.271. The first-order valence-corrected chi connectivity index (χ1v) is 11.6. The molecule has 2 aliphatic rings. The summed E-state index contributed by atoms with van der Waals surface area (Å²) < 4.78 is 22.9. The summed E-state index contributed by atoms with van der Waals surface area (Å²) in [6, 6.07) is 6.14. The highest BCUT2D eigenvalue weighted by Crippen LogP contribution is 2.51. The number of aliphatic carboxylic acids is 1. The molecule has 0 bridgehead atoms. The third-order valence-corrected chi connectivity index (χ3v) is 6.47. The number of aromatic hydroxyl groups is 2. The number of carbonyl (C=O) groups is 1. The van der Waals surface area contributed by atoms with E-state index < -0.39 is 36.7 Å². The highest BCUT2D eigenvalue weighted by Gasteiger charge is 2.48. The summed E-state index contributed by atoms with van der Waals surface area (Å²) >= 11 is 0. The van der Waals surface area contributed by atoms with E-state index in [0.717, 1.165) is 11.0 Å². The van der Waals surface area contributed by atoms with Crippen LogP contribution in [0, 0.1) is 0 Å². The molecule has 196 valence electrons. The average Bonchev–Trinajstić information content (AvgIpc) is 3.20. The minimum Gasteiger partial charge on any atom is -0.508 e. The number of furan rings is 1. The Morgan fingerprint density at radius 1 is 1.11 bits per heavy atom. The van der Waals surface area contributed by atoms with Crippen molar-refractivity contribution in [2.24, 2.45) is 0 Å². The van der Waals surface area contributed by atoms with E-state index in [1.165, 1.54) is 18.2 Å². The smallest absolute Gasteiger partial charge is 0.335 e. The number of carboxylic acid groups (broad SMARTS) is 1. The van der Waals surface area contributed by atoms with Gasteiger partial charge in [-0.15, -0.1) is 0 Å². The monoisotopic (exact) mass is 514 g/mol. The van der Waals surface area contributed by atoms with Gasteiger partial charge in [-0.2, -0.15) is 0 Å². The van der Waals surface area contributed by atoms with Gasteiger partial charge in [0.2, 0.25) is 6.29 Å². The summed E-state index contributed by atoms with van der Waals surface area (Å²) in [6.07, 6.45) is -7.01. The number of rotatable bonds is 5. The van der Waals surface area contributed by atoms with Gasteiger partial charge in [0, 0.05) is 28.6 Å². The molecule has 11 heteroatoms. The third-order valence-electron chi connectivity index (χ3n) is 6.47. The van der Waals surface area contributed by atoms with Crippen LogP contribution in [0.15, 0.2) is 40.3 Å². The van der Waals surface area contributed by atoms with Crippen LogP contribution in [-0.4, -0.2) is 67.3 Å². The Labute approximate surface area is 210 Å². The number of aliphatic hydroxyl groups excluding tert-OH is 3. The van der Waals surface area contributed by atoms with Crippen molar-refractivity contribution in [3.05, 3.63) is 47.0 Å². The minimum absolute atomic E-state index is 0.0164. The van der Waals surface area contributed by atoms with E-state index in [2.05, 4.69) is 0 Å². The van der Waals surface area contributed by atoms with E-state index in [4.69, 9.17) is 18.6 Å². The minimum atomic E-state index is -1.87. The van der Waals surface area contributed by atoms with Crippen LogP contribution in [0.25, 0.3) is 22.3 Å². The fourth-order valence-corrected chi connectivity index (χ4v) is 4.51. The number of carboxylic acids is 1. The zero-order valence-corrected chi connectivity index (χ0v) is 19.9. The number of benzene rings is 2. The molecule has 3 heterocycles. The number of phenolic OH excluding ortho intramolecular Hbond substituents is 2. The predicted octanol–water partition coefficient (Wildman–Crippen LogP) is 2.18. The van der Waals surface area contributed by atoms with Gasteiger partial charge in [-0.05, 0) is 32.4 Å². The standard InChI is InChI=1S/C26H26O11/c1-10(2)3-5-13-16(36-26-22(31)20(29)21(30)24(37-26)25(32)33)8-17-18(19(13)28)23-14(9-34-17)12-6-4-11(27)7-15(12)35-23/h3-4,6-8,20-22,24,26-31H,5,9H2,1-2H3,(H,32,33). The number of phenols is 2. The first-order chi connectivity index (χ1) is 17.6. The maximum Gasteiger partial charge on any atom is 0.335 e. The van der Waals surface area contributed by atoms with Crippen molar-refractivity contribution in [1.29, 1.82) is 0 Å². The van der Waals surface area contributed by atoms with Gasteiger partial charge < -0.3 is 49.3 Å². The van der Waals surface area contributed by atoms with Crippen molar-refractivity contribution in [2.45, 2.75) is 57.6 Å². The Balaban J connectivity index is 1.61. The Hall–Kier alpha value is -3.77. The molecule has 0 saturated carbocycles. The first kappa shape index (κ1) is 24.9. The molecular formula is C26H26O11. The average molecular weight is 514 g/mol. The largest absolute Gasteiger partial charge is 0.508 e. The summed E-state index contributed by atoms with van der Waals surface area (Å²) in [4.78, 5) is 11.5. The van der Waals surface area contributed by atoms with Gasteiger partial charge >= 0.3 is 5.97 Å². The second kappa shape index (κ2) is 9.27. The van der Waals surface area contributed by atoms with Crippen LogP contribution in [0.4, 0.5) is 0 Å². The van der Waals surface area contributed by atoms with E-state index in [-0.39, 0.29) is 47.2 Å². The molecule has 5 unspecified atom stereocenters. The van der Waals surface area contributed by atoms with Crippen molar-refractivity contribution in [1.82, 2.24) is 0 Å². The van der Waals surface area contributed by atoms with Gasteiger partial charge in [-0.1, -0.05) is 11.6 Å². The number of fused-ring (bicyclic) bond motifs is 5. The molecule has 0 amide bonds. The summed E-state index contributed by atoms with van der Waals surface area (Å²) in [5.74, 6) is -1.17. The number of hydrogen-bond donors (Lipinski definition) is 6. The SMILES string of the molecule is CC(C)=CCc1c(OC2OC(C(=O)O)C(O)C(O)C2O)cc2c(c1O)-c1oc3cc(O)ccc3c1CO2. The Morgan fingerprint density at radius 2 is 1.86 bits per heavy atom. The third kappa shape index (κ3) is 4.25. The molecule has 2 aromatic carbocycles. The summed E-state index contributed by atoms with van der Waals surface area (Å²) in [7, 11) is 0. The highest BCUT2D eigenvalue weighted by atomic mass is 16.7. The highest BCUT2D eigenvalue weighted by molar-refractivity contribution is 5.92. The number of ether oxygens (including phenoxy) is 3. The number of aliphatic hydroxyl groups is 3. The molecule has 5 atom stereocenters. The fourth-order valence-electron chi connectivity index (χ4n) is 4.51. The normalized spacial score (nSPS) is 24.6. The molecule has 0 aliphatic carbocycles. The lowest BCUT2D eigenvalue weighted by atomic mass is 9.96. The molecule has 0 radical (unpaired) electrons. The summed E-state index contributed by atoms with van der Waals surface area (Å²) in [6.45, 7) is 3.83. The van der Waals surface area contributed by atoms with Crippen LogP contribution in [0.2, 0.25) is 0 Å². The van der Waals surface area contributed by atoms with E-state index in [1.807, 2.05) is 19.9 Å². The molecule has 37 heavy (non-hydrogen) atoms. The topological polar surface area (TPSA) is 179 Å². The van der Waals surface area contributed by atoms with Crippen LogP contribution in [0.1, 0.15) is 25.0 Å². The van der Waals surface area contributed by atoms with Crippen molar-refractivity contribution >= 4 is 16.9 Å². The maximum absolute atomic E-state index is 11.5. The Kier molecular flexibility index (Phi) is 6.24. The Morgan fingerprint density at radius 3 is 2.57 bits per heavy atom. The molecule has 1 saturated heterocycles. The van der Waals surface area contributed by atoms with Gasteiger partial charge in [0.05, 0.1) is 0 Å². The molecule has 11 nitrogen and oxygen atoms in total. The van der Waals surface area contributed by atoms with Gasteiger partial charge in [0.1, 0.15) is 64.8 Å². The molecule has 6 N–H and O–H groups in total. The van der Waals surface area contributed by atoms with Crippen LogP contribution >= 0.6 is 0 Å².